The van der Waals surface area contributed by atoms with Gasteiger partial charge in [-0.2, -0.15) is 0 Å². The summed E-state index contributed by atoms with van der Waals surface area (Å²) in [5.41, 5.74) is 0.503. The van der Waals surface area contributed by atoms with Crippen molar-refractivity contribution in [1.82, 2.24) is 10.6 Å². The van der Waals surface area contributed by atoms with Crippen molar-refractivity contribution in [3.05, 3.63) is 0 Å². The highest BCUT2D eigenvalue weighted by atomic mass is 15.0. The van der Waals surface area contributed by atoms with Crippen molar-refractivity contribution >= 4 is 0 Å². The molecule has 0 aliphatic carbocycles. The lowest BCUT2D eigenvalue weighted by Crippen LogP contribution is -2.48. The van der Waals surface area contributed by atoms with Crippen LogP contribution in [-0.2, 0) is 0 Å². The van der Waals surface area contributed by atoms with Gasteiger partial charge < -0.3 is 10.6 Å². The Hall–Kier alpha value is -0.0800. The lowest BCUT2D eigenvalue weighted by Gasteiger charge is -2.39. The molecule has 2 nitrogen and oxygen atoms in total. The van der Waals surface area contributed by atoms with Gasteiger partial charge >= 0.3 is 0 Å². The summed E-state index contributed by atoms with van der Waals surface area (Å²) in [6, 6.07) is 0. The first-order valence-corrected chi connectivity index (χ1v) is 7.30. The van der Waals surface area contributed by atoms with Crippen molar-refractivity contribution in [2.75, 3.05) is 19.6 Å². The van der Waals surface area contributed by atoms with Gasteiger partial charge in [-0.25, -0.2) is 0 Å². The van der Waals surface area contributed by atoms with E-state index < -0.39 is 0 Å². The molecule has 0 saturated carbocycles. The summed E-state index contributed by atoms with van der Waals surface area (Å²) in [5, 5.41) is 7.27. The minimum atomic E-state index is 0.503. The van der Waals surface area contributed by atoms with E-state index in [4.69, 9.17) is 0 Å². The third kappa shape index (κ3) is 3.21. The topological polar surface area (TPSA) is 24.1 Å². The molecule has 0 aromatic rings. The van der Waals surface area contributed by atoms with Gasteiger partial charge in [0.2, 0.25) is 0 Å². The van der Waals surface area contributed by atoms with Crippen LogP contribution in [0.2, 0.25) is 0 Å². The summed E-state index contributed by atoms with van der Waals surface area (Å²) < 4.78 is 0. The zero-order valence-corrected chi connectivity index (χ0v) is 10.9. The fourth-order valence-corrected chi connectivity index (χ4v) is 3.37. The zero-order valence-electron chi connectivity index (χ0n) is 10.9. The lowest BCUT2D eigenvalue weighted by molar-refractivity contribution is 0.202. The minimum absolute atomic E-state index is 0.503. The molecular formula is C14H28N2. The molecule has 0 amide bonds. The van der Waals surface area contributed by atoms with Crippen molar-refractivity contribution in [3.8, 4) is 0 Å². The van der Waals surface area contributed by atoms with Crippen LogP contribution < -0.4 is 10.6 Å². The highest BCUT2D eigenvalue weighted by molar-refractivity contribution is 4.90. The third-order valence-corrected chi connectivity index (χ3v) is 4.75. The summed E-state index contributed by atoms with van der Waals surface area (Å²) in [6.45, 7) is 6.11. The Labute approximate surface area is 101 Å². The van der Waals surface area contributed by atoms with Crippen molar-refractivity contribution in [3.63, 3.8) is 0 Å². The second kappa shape index (κ2) is 6.02. The smallest absolute Gasteiger partial charge is 0.0179 e. The van der Waals surface area contributed by atoms with Gasteiger partial charge in [0, 0.05) is 5.54 Å². The molecule has 2 fully saturated rings. The average molecular weight is 224 g/mol. The molecule has 1 atom stereocenters. The van der Waals surface area contributed by atoms with Gasteiger partial charge in [-0.1, -0.05) is 13.3 Å². The number of hydrogen-bond donors (Lipinski definition) is 2. The standard InChI is InChI=1S/C14H28N2/c1-2-14(8-3-4-10-16-14)9-5-13-6-11-15-12-7-13/h13,15-16H,2-12H2,1H3. The SMILES string of the molecule is CCC1(CCC2CCNCC2)CCCCN1. The first-order valence-electron chi connectivity index (χ1n) is 7.30. The Balaban J connectivity index is 1.77. The van der Waals surface area contributed by atoms with E-state index in [1.807, 2.05) is 0 Å². The molecule has 2 rings (SSSR count). The van der Waals surface area contributed by atoms with Crippen molar-refractivity contribution < 1.29 is 0 Å². The van der Waals surface area contributed by atoms with Crippen molar-refractivity contribution in [2.24, 2.45) is 5.92 Å². The summed E-state index contributed by atoms with van der Waals surface area (Å²) in [5.74, 6) is 0.994. The summed E-state index contributed by atoms with van der Waals surface area (Å²) >= 11 is 0. The van der Waals surface area contributed by atoms with E-state index in [2.05, 4.69) is 17.6 Å². The molecule has 94 valence electrons. The average Bonchev–Trinajstić information content (AvgIpc) is 2.39. The molecule has 0 aromatic carbocycles. The highest BCUT2D eigenvalue weighted by Gasteiger charge is 2.30. The third-order valence-electron chi connectivity index (χ3n) is 4.75. The number of rotatable bonds is 4. The second-order valence-corrected chi connectivity index (χ2v) is 5.75. The van der Waals surface area contributed by atoms with E-state index >= 15 is 0 Å². The predicted octanol–water partition coefficient (Wildman–Crippen LogP) is 2.69. The molecule has 16 heavy (non-hydrogen) atoms. The fourth-order valence-electron chi connectivity index (χ4n) is 3.37. The largest absolute Gasteiger partial charge is 0.317 e. The maximum atomic E-state index is 3.81. The molecule has 2 heterocycles. The van der Waals surface area contributed by atoms with Crippen LogP contribution in [0.4, 0.5) is 0 Å². The van der Waals surface area contributed by atoms with Gasteiger partial charge in [0.1, 0.15) is 0 Å². The van der Waals surface area contributed by atoms with Gasteiger partial charge in [0.05, 0.1) is 0 Å². The molecule has 0 aromatic heterocycles. The van der Waals surface area contributed by atoms with Gasteiger partial charge in [-0.3, -0.25) is 0 Å². The molecule has 2 aliphatic heterocycles. The maximum Gasteiger partial charge on any atom is 0.0179 e. The van der Waals surface area contributed by atoms with Crippen LogP contribution in [0, 0.1) is 5.92 Å². The molecule has 2 heteroatoms. The molecule has 2 N–H and O–H groups in total. The molecule has 2 saturated heterocycles. The minimum Gasteiger partial charge on any atom is -0.317 e. The van der Waals surface area contributed by atoms with Crippen LogP contribution in [0.5, 0.6) is 0 Å². The summed E-state index contributed by atoms with van der Waals surface area (Å²) in [7, 11) is 0. The summed E-state index contributed by atoms with van der Waals surface area (Å²) in [4.78, 5) is 0. The Morgan fingerprint density at radius 3 is 2.56 bits per heavy atom. The van der Waals surface area contributed by atoms with Crippen molar-refractivity contribution in [2.45, 2.75) is 63.8 Å². The lowest BCUT2D eigenvalue weighted by atomic mass is 9.79. The van der Waals surface area contributed by atoms with E-state index in [1.165, 1.54) is 71.0 Å². The Bertz CT molecular complexity index is 191. The van der Waals surface area contributed by atoms with Crippen LogP contribution in [0.3, 0.4) is 0 Å². The monoisotopic (exact) mass is 224 g/mol. The normalized spacial score (nSPS) is 32.8. The van der Waals surface area contributed by atoms with E-state index in [0.29, 0.717) is 5.54 Å². The van der Waals surface area contributed by atoms with E-state index in [9.17, 15) is 0 Å². The van der Waals surface area contributed by atoms with Crippen LogP contribution >= 0.6 is 0 Å². The van der Waals surface area contributed by atoms with Gasteiger partial charge in [-0.05, 0) is 70.5 Å². The highest BCUT2D eigenvalue weighted by Crippen LogP contribution is 2.30. The van der Waals surface area contributed by atoms with Gasteiger partial charge in [0.15, 0.2) is 0 Å². The van der Waals surface area contributed by atoms with Crippen LogP contribution in [0.25, 0.3) is 0 Å². The molecule has 2 aliphatic rings. The Kier molecular flexibility index (Phi) is 4.66. The van der Waals surface area contributed by atoms with Gasteiger partial charge in [0.25, 0.3) is 0 Å². The number of piperidine rings is 2. The van der Waals surface area contributed by atoms with Crippen LogP contribution in [0.1, 0.15) is 58.3 Å². The van der Waals surface area contributed by atoms with Crippen LogP contribution in [0.15, 0.2) is 0 Å². The van der Waals surface area contributed by atoms with Gasteiger partial charge in [-0.15, -0.1) is 0 Å². The first-order chi connectivity index (χ1) is 7.85. The Morgan fingerprint density at radius 2 is 1.94 bits per heavy atom. The van der Waals surface area contributed by atoms with E-state index in [-0.39, 0.29) is 0 Å². The van der Waals surface area contributed by atoms with E-state index in [0.717, 1.165) is 5.92 Å². The summed E-state index contributed by atoms with van der Waals surface area (Å²) in [6.07, 6.45) is 11.2. The molecule has 0 spiro atoms. The quantitative estimate of drug-likeness (QED) is 0.767. The molecule has 1 unspecified atom stereocenters. The fraction of sp³-hybridized carbons (Fsp3) is 1.00. The second-order valence-electron chi connectivity index (χ2n) is 5.75. The zero-order chi connectivity index (χ0) is 11.3. The molecular weight excluding hydrogens is 196 g/mol. The van der Waals surface area contributed by atoms with E-state index in [1.54, 1.807) is 0 Å². The number of nitrogens with one attached hydrogen (secondary N) is 2. The molecule has 0 radical (unpaired) electrons. The number of hydrogen-bond acceptors (Lipinski definition) is 2. The molecule has 0 bridgehead atoms. The van der Waals surface area contributed by atoms with Crippen molar-refractivity contribution in [1.29, 1.82) is 0 Å². The Morgan fingerprint density at radius 1 is 1.12 bits per heavy atom. The predicted molar refractivity (Wildman–Crippen MR) is 69.7 cm³/mol. The van der Waals surface area contributed by atoms with Crippen LogP contribution in [-0.4, -0.2) is 25.2 Å². The maximum absolute atomic E-state index is 3.81. The first kappa shape index (κ1) is 12.4.